The quantitative estimate of drug-likeness (QED) is 0.536. The normalized spacial score (nSPS) is 21.3. The maximum Gasteiger partial charge on any atom is 0.417 e. The van der Waals surface area contributed by atoms with Crippen molar-refractivity contribution in [1.29, 1.82) is 5.26 Å². The lowest BCUT2D eigenvalue weighted by Crippen LogP contribution is -2.41. The summed E-state index contributed by atoms with van der Waals surface area (Å²) < 4.78 is 112. The Balaban J connectivity index is 1.69. The molecule has 4 rings (SSSR count). The van der Waals surface area contributed by atoms with Crippen molar-refractivity contribution < 1.29 is 44.3 Å². The summed E-state index contributed by atoms with van der Waals surface area (Å²) in [5.41, 5.74) is -3.72. The molecule has 2 aliphatic rings. The maximum absolute atomic E-state index is 13.5. The Labute approximate surface area is 207 Å². The number of rotatable bonds is 5. The number of carbonyl (C=O) groups excluding carboxylic acids is 1. The Bertz CT molecular complexity index is 1350. The van der Waals surface area contributed by atoms with Crippen molar-refractivity contribution >= 4 is 21.6 Å². The van der Waals surface area contributed by atoms with Gasteiger partial charge in [-0.15, -0.1) is 0 Å². The van der Waals surface area contributed by atoms with E-state index in [0.29, 0.717) is 18.9 Å². The lowest BCUT2D eigenvalue weighted by atomic mass is 10.2. The van der Waals surface area contributed by atoms with Gasteiger partial charge in [0.05, 0.1) is 27.3 Å². The molecule has 2 unspecified atom stereocenters. The summed E-state index contributed by atoms with van der Waals surface area (Å²) in [6, 6.07) is 9.30. The molecule has 0 aromatic heterocycles. The van der Waals surface area contributed by atoms with Crippen molar-refractivity contribution in [2.24, 2.45) is 0 Å². The van der Waals surface area contributed by atoms with E-state index in [-0.39, 0.29) is 5.69 Å². The first-order chi connectivity index (χ1) is 17.2. The Morgan fingerprint density at radius 2 is 1.73 bits per heavy atom. The first-order valence-corrected chi connectivity index (χ1v) is 12.4. The molecule has 1 saturated carbocycles. The van der Waals surface area contributed by atoms with Crippen LogP contribution in [0.2, 0.25) is 0 Å². The number of carbonyl (C=O) groups is 1. The second-order valence-corrected chi connectivity index (χ2v) is 11.0. The van der Waals surface area contributed by atoms with Gasteiger partial charge in [-0.2, -0.15) is 31.6 Å². The van der Waals surface area contributed by atoms with Gasteiger partial charge in [0, 0.05) is 18.7 Å². The van der Waals surface area contributed by atoms with Gasteiger partial charge < -0.3 is 15.0 Å². The average molecular weight is 547 g/mol. The van der Waals surface area contributed by atoms with Crippen LogP contribution in [-0.2, 0) is 26.9 Å². The van der Waals surface area contributed by atoms with E-state index in [1.807, 2.05) is 6.07 Å². The highest BCUT2D eigenvalue weighted by molar-refractivity contribution is 7.92. The topological polar surface area (TPSA) is 99.5 Å². The molecular weight excluding hydrogens is 528 g/mol. The van der Waals surface area contributed by atoms with Crippen LogP contribution in [0.3, 0.4) is 0 Å². The summed E-state index contributed by atoms with van der Waals surface area (Å²) in [5, 5.41) is 9.95. The number of hydrogen-bond acceptors (Lipinski definition) is 6. The number of alkyl carbamates (subject to hydrolysis) is 1. The summed E-state index contributed by atoms with van der Waals surface area (Å²) >= 11 is 0. The molecule has 2 aromatic carbocycles. The minimum absolute atomic E-state index is 0.143. The van der Waals surface area contributed by atoms with E-state index in [9.17, 15) is 39.6 Å². The number of hydrogen-bond donors (Lipinski definition) is 1. The third-order valence-corrected chi connectivity index (χ3v) is 8.39. The number of halogens is 6. The van der Waals surface area contributed by atoms with Crippen LogP contribution in [0.25, 0.3) is 0 Å². The summed E-state index contributed by atoms with van der Waals surface area (Å²) in [6.45, 7) is -0.544. The number of nitriles is 1. The van der Waals surface area contributed by atoms with E-state index in [0.717, 1.165) is 41.3 Å². The first kappa shape index (κ1) is 26.6. The molecule has 0 bridgehead atoms. The number of ether oxygens (including phenoxy) is 1. The van der Waals surface area contributed by atoms with Gasteiger partial charge in [-0.3, -0.25) is 0 Å². The highest BCUT2D eigenvalue weighted by Gasteiger charge is 2.48. The van der Waals surface area contributed by atoms with Gasteiger partial charge in [0.25, 0.3) is 0 Å². The molecule has 1 amide bonds. The fraction of sp³-hybridized carbons (Fsp3) is 0.391. The maximum atomic E-state index is 13.5. The van der Waals surface area contributed by atoms with Crippen LogP contribution in [0.1, 0.15) is 30.4 Å². The third kappa shape index (κ3) is 5.46. The summed E-state index contributed by atoms with van der Waals surface area (Å²) in [4.78, 5) is 12.5. The Morgan fingerprint density at radius 3 is 2.32 bits per heavy atom. The highest BCUT2D eigenvalue weighted by Crippen LogP contribution is 2.40. The molecule has 0 spiro atoms. The van der Waals surface area contributed by atoms with Gasteiger partial charge in [0.2, 0.25) is 0 Å². The van der Waals surface area contributed by atoms with Gasteiger partial charge in [0.1, 0.15) is 5.54 Å². The largest absolute Gasteiger partial charge is 0.425 e. The van der Waals surface area contributed by atoms with Gasteiger partial charge in [0.15, 0.2) is 16.1 Å². The number of benzene rings is 2. The molecular formula is C23H19F6N3O4S. The molecule has 14 heteroatoms. The molecule has 2 fully saturated rings. The van der Waals surface area contributed by atoms with Crippen molar-refractivity contribution in [2.75, 3.05) is 11.4 Å². The third-order valence-electron chi connectivity index (χ3n) is 6.20. The zero-order chi connectivity index (χ0) is 27.2. The smallest absolute Gasteiger partial charge is 0.417 e. The SMILES string of the molecule is N#CC1(NC(=O)OC2CC(S(=O)(=O)c3ccccc3C(F)(F)F)CN2c2cccc(C(F)(F)F)c2)CC1. The molecule has 0 radical (unpaired) electrons. The summed E-state index contributed by atoms with van der Waals surface area (Å²) in [6.07, 6.45) is -12.1. The minimum atomic E-state index is -4.98. The summed E-state index contributed by atoms with van der Waals surface area (Å²) in [5.74, 6) is 0. The van der Waals surface area contributed by atoms with Crippen molar-refractivity contribution in [3.05, 3.63) is 59.7 Å². The van der Waals surface area contributed by atoms with Crippen molar-refractivity contribution in [3.63, 3.8) is 0 Å². The average Bonchev–Trinajstić information content (AvgIpc) is 3.46. The standard InChI is InChI=1S/C23H19F6N3O4S/c24-22(25,26)14-4-3-5-15(10-14)32-12-16(11-19(32)36-20(33)31-21(13-30)8-9-21)37(34,35)18-7-2-1-6-17(18)23(27,28)29/h1-7,10,16,19H,8-9,11-12H2,(H,31,33). The first-order valence-electron chi connectivity index (χ1n) is 10.9. The molecule has 1 saturated heterocycles. The van der Waals surface area contributed by atoms with Crippen LogP contribution < -0.4 is 10.2 Å². The predicted octanol–water partition coefficient (Wildman–Crippen LogP) is 4.89. The monoisotopic (exact) mass is 547 g/mol. The van der Waals surface area contributed by atoms with Crippen molar-refractivity contribution in [3.8, 4) is 6.07 Å². The molecule has 1 N–H and O–H groups in total. The van der Waals surface area contributed by atoms with Crippen LogP contribution >= 0.6 is 0 Å². The van der Waals surface area contributed by atoms with Gasteiger partial charge in [-0.25, -0.2) is 13.2 Å². The van der Waals surface area contributed by atoms with E-state index in [2.05, 4.69) is 5.32 Å². The molecule has 7 nitrogen and oxygen atoms in total. The predicted molar refractivity (Wildman–Crippen MR) is 117 cm³/mol. The zero-order valence-electron chi connectivity index (χ0n) is 18.8. The number of nitrogens with one attached hydrogen (secondary N) is 1. The Hall–Kier alpha value is -3.47. The number of amides is 1. The van der Waals surface area contributed by atoms with Crippen LogP contribution in [0.4, 0.5) is 36.8 Å². The van der Waals surface area contributed by atoms with Gasteiger partial charge in [-0.1, -0.05) is 18.2 Å². The highest BCUT2D eigenvalue weighted by atomic mass is 32.2. The fourth-order valence-electron chi connectivity index (χ4n) is 4.10. The Morgan fingerprint density at radius 1 is 1.05 bits per heavy atom. The van der Waals surface area contributed by atoms with Crippen LogP contribution in [0.15, 0.2) is 53.4 Å². The molecule has 198 valence electrons. The lowest BCUT2D eigenvalue weighted by Gasteiger charge is -2.27. The second-order valence-electron chi connectivity index (χ2n) is 8.78. The van der Waals surface area contributed by atoms with Crippen LogP contribution in [0, 0.1) is 11.3 Å². The van der Waals surface area contributed by atoms with Crippen LogP contribution in [-0.4, -0.2) is 38.1 Å². The number of nitrogens with zero attached hydrogens (tertiary/aromatic N) is 2. The molecule has 1 aliphatic carbocycles. The fourth-order valence-corrected chi connectivity index (χ4v) is 5.99. The zero-order valence-corrected chi connectivity index (χ0v) is 19.6. The van der Waals surface area contributed by atoms with Gasteiger partial charge >= 0.3 is 18.4 Å². The minimum Gasteiger partial charge on any atom is -0.425 e. The lowest BCUT2D eigenvalue weighted by molar-refractivity contribution is -0.140. The van der Waals surface area contributed by atoms with E-state index in [1.54, 1.807) is 0 Å². The van der Waals surface area contributed by atoms with Crippen LogP contribution in [0.5, 0.6) is 0 Å². The molecule has 2 aromatic rings. The molecule has 1 aliphatic heterocycles. The number of sulfone groups is 1. The van der Waals surface area contributed by atoms with Gasteiger partial charge in [-0.05, 0) is 43.2 Å². The second kappa shape index (κ2) is 9.13. The van der Waals surface area contributed by atoms with E-state index >= 15 is 0 Å². The molecule has 2 atom stereocenters. The number of alkyl halides is 6. The molecule has 1 heterocycles. The van der Waals surface area contributed by atoms with E-state index < -0.39 is 74.3 Å². The van der Waals surface area contributed by atoms with E-state index in [1.165, 1.54) is 6.07 Å². The molecule has 37 heavy (non-hydrogen) atoms. The van der Waals surface area contributed by atoms with E-state index in [4.69, 9.17) is 10.00 Å². The van der Waals surface area contributed by atoms with Crippen molar-refractivity contribution in [2.45, 2.75) is 53.5 Å². The summed E-state index contributed by atoms with van der Waals surface area (Å²) in [7, 11) is -4.68. The Kier molecular flexibility index (Phi) is 6.56. The van der Waals surface area contributed by atoms with Crippen molar-refractivity contribution in [1.82, 2.24) is 5.32 Å². The number of anilines is 1.